The first-order chi connectivity index (χ1) is 8.31. The van der Waals surface area contributed by atoms with E-state index in [4.69, 9.17) is 11.5 Å². The summed E-state index contributed by atoms with van der Waals surface area (Å²) in [6, 6.07) is 0. The second kappa shape index (κ2) is 12.8. The highest BCUT2D eigenvalue weighted by Crippen LogP contribution is 2.07. The SMILES string of the molecule is C#CC#CC(O)C=CCCCCCCCCO. The third-order valence-corrected chi connectivity index (χ3v) is 2.39. The van der Waals surface area contributed by atoms with Crippen LogP contribution in [-0.4, -0.2) is 22.9 Å². The van der Waals surface area contributed by atoms with Crippen molar-refractivity contribution < 1.29 is 10.2 Å². The Hall–Kier alpha value is -1.22. The summed E-state index contributed by atoms with van der Waals surface area (Å²) in [7, 11) is 0. The van der Waals surface area contributed by atoms with Gasteiger partial charge in [0.15, 0.2) is 0 Å². The van der Waals surface area contributed by atoms with Gasteiger partial charge in [-0.2, -0.15) is 0 Å². The second-order valence-corrected chi connectivity index (χ2v) is 3.92. The van der Waals surface area contributed by atoms with Gasteiger partial charge >= 0.3 is 0 Å². The molecule has 17 heavy (non-hydrogen) atoms. The lowest BCUT2D eigenvalue weighted by atomic mass is 10.1. The second-order valence-electron chi connectivity index (χ2n) is 3.92. The van der Waals surface area contributed by atoms with E-state index in [2.05, 4.69) is 17.8 Å². The molecule has 0 saturated carbocycles. The Bertz CT molecular complexity index is 288. The molecule has 0 bridgehead atoms. The maximum absolute atomic E-state index is 9.30. The zero-order valence-electron chi connectivity index (χ0n) is 10.4. The Morgan fingerprint density at radius 3 is 2.35 bits per heavy atom. The average Bonchev–Trinajstić information content (AvgIpc) is 2.34. The molecule has 2 nitrogen and oxygen atoms in total. The molecule has 0 aromatic carbocycles. The van der Waals surface area contributed by atoms with Crippen LogP contribution in [0.2, 0.25) is 0 Å². The van der Waals surface area contributed by atoms with E-state index >= 15 is 0 Å². The van der Waals surface area contributed by atoms with Crippen LogP contribution in [0.1, 0.15) is 44.9 Å². The van der Waals surface area contributed by atoms with Crippen molar-refractivity contribution in [3.63, 3.8) is 0 Å². The molecule has 94 valence electrons. The molecule has 0 aliphatic carbocycles. The van der Waals surface area contributed by atoms with Gasteiger partial charge in [-0.3, -0.25) is 0 Å². The van der Waals surface area contributed by atoms with Crippen molar-refractivity contribution in [2.75, 3.05) is 6.61 Å². The van der Waals surface area contributed by atoms with Gasteiger partial charge in [-0.15, -0.1) is 6.42 Å². The highest BCUT2D eigenvalue weighted by Gasteiger charge is 1.91. The van der Waals surface area contributed by atoms with E-state index in [0.717, 1.165) is 25.7 Å². The van der Waals surface area contributed by atoms with Gasteiger partial charge in [0, 0.05) is 6.61 Å². The molecule has 2 heteroatoms. The Morgan fingerprint density at radius 2 is 1.71 bits per heavy atom. The molecule has 0 aliphatic heterocycles. The van der Waals surface area contributed by atoms with Crippen LogP contribution in [0.5, 0.6) is 0 Å². The Balaban J connectivity index is 3.33. The summed E-state index contributed by atoms with van der Waals surface area (Å²) in [6.45, 7) is 0.305. The molecule has 1 atom stereocenters. The summed E-state index contributed by atoms with van der Waals surface area (Å²) in [5.41, 5.74) is 0. The average molecular weight is 234 g/mol. The van der Waals surface area contributed by atoms with Crippen LogP contribution in [0, 0.1) is 24.2 Å². The molecule has 0 radical (unpaired) electrons. The summed E-state index contributed by atoms with van der Waals surface area (Å²) >= 11 is 0. The van der Waals surface area contributed by atoms with Crippen LogP contribution in [0.25, 0.3) is 0 Å². The number of unbranched alkanes of at least 4 members (excludes halogenated alkanes) is 6. The quantitative estimate of drug-likeness (QED) is 0.365. The summed E-state index contributed by atoms with van der Waals surface area (Å²) in [5, 5.41) is 17.9. The van der Waals surface area contributed by atoms with Crippen molar-refractivity contribution in [2.45, 2.75) is 51.0 Å². The van der Waals surface area contributed by atoms with Crippen molar-refractivity contribution in [3.8, 4) is 24.2 Å². The van der Waals surface area contributed by atoms with Crippen LogP contribution in [0.4, 0.5) is 0 Å². The standard InChI is InChI=1S/C15H22O2/c1-2-3-12-15(17)13-10-8-6-4-5-7-9-11-14-16/h1,10,13,15-17H,4-9,11,14H2. The minimum absolute atomic E-state index is 0.305. The minimum Gasteiger partial charge on any atom is -0.396 e. The van der Waals surface area contributed by atoms with Crippen LogP contribution < -0.4 is 0 Å². The third-order valence-electron chi connectivity index (χ3n) is 2.39. The maximum atomic E-state index is 9.30. The van der Waals surface area contributed by atoms with Gasteiger partial charge in [-0.1, -0.05) is 37.7 Å². The maximum Gasteiger partial charge on any atom is 0.134 e. The van der Waals surface area contributed by atoms with E-state index in [1.807, 2.05) is 6.08 Å². The fourth-order valence-electron chi connectivity index (χ4n) is 1.47. The summed E-state index contributed by atoms with van der Waals surface area (Å²) < 4.78 is 0. The van der Waals surface area contributed by atoms with Crippen molar-refractivity contribution in [2.24, 2.45) is 0 Å². The number of aliphatic hydroxyl groups excluding tert-OH is 2. The molecule has 0 heterocycles. The number of hydrogen-bond donors (Lipinski definition) is 2. The van der Waals surface area contributed by atoms with Gasteiger partial charge in [-0.05, 0) is 37.2 Å². The van der Waals surface area contributed by atoms with Gasteiger partial charge < -0.3 is 10.2 Å². The molecule has 0 saturated heterocycles. The van der Waals surface area contributed by atoms with E-state index in [9.17, 15) is 5.11 Å². The zero-order chi connectivity index (χ0) is 12.8. The predicted octanol–water partition coefficient (Wildman–Crippen LogP) is 2.26. The predicted molar refractivity (Wildman–Crippen MR) is 71.2 cm³/mol. The molecule has 0 spiro atoms. The molecule has 0 amide bonds. The fourth-order valence-corrected chi connectivity index (χ4v) is 1.47. The summed E-state index contributed by atoms with van der Waals surface area (Å²) in [6.07, 6.45) is 15.6. The first kappa shape index (κ1) is 15.8. The van der Waals surface area contributed by atoms with Gasteiger partial charge in [0.2, 0.25) is 0 Å². The van der Waals surface area contributed by atoms with Crippen molar-refractivity contribution in [1.29, 1.82) is 0 Å². The molecular formula is C15H22O2. The van der Waals surface area contributed by atoms with Gasteiger partial charge in [0.25, 0.3) is 0 Å². The van der Waals surface area contributed by atoms with Crippen molar-refractivity contribution in [3.05, 3.63) is 12.2 Å². The third kappa shape index (κ3) is 12.7. The Morgan fingerprint density at radius 1 is 1.06 bits per heavy atom. The first-order valence-electron chi connectivity index (χ1n) is 6.23. The normalized spacial score (nSPS) is 11.8. The number of allylic oxidation sites excluding steroid dienone is 1. The lowest BCUT2D eigenvalue weighted by Gasteiger charge is -1.99. The Labute approximate surface area is 105 Å². The van der Waals surface area contributed by atoms with E-state index in [0.29, 0.717) is 6.61 Å². The summed E-state index contributed by atoms with van der Waals surface area (Å²) in [4.78, 5) is 0. The minimum atomic E-state index is -0.740. The lowest BCUT2D eigenvalue weighted by Crippen LogP contribution is -1.96. The number of rotatable bonds is 9. The Kier molecular flexibility index (Phi) is 11.9. The van der Waals surface area contributed by atoms with E-state index in [1.165, 1.54) is 19.3 Å². The summed E-state index contributed by atoms with van der Waals surface area (Å²) in [5.74, 6) is 7.06. The molecule has 1 unspecified atom stereocenters. The smallest absolute Gasteiger partial charge is 0.134 e. The molecule has 2 N–H and O–H groups in total. The van der Waals surface area contributed by atoms with Crippen LogP contribution in [0.3, 0.4) is 0 Å². The molecule has 0 aromatic rings. The van der Waals surface area contributed by atoms with Crippen LogP contribution in [0.15, 0.2) is 12.2 Å². The fraction of sp³-hybridized carbons (Fsp3) is 0.600. The zero-order valence-corrected chi connectivity index (χ0v) is 10.4. The van der Waals surface area contributed by atoms with Crippen LogP contribution >= 0.6 is 0 Å². The van der Waals surface area contributed by atoms with E-state index < -0.39 is 6.10 Å². The molecule has 0 aromatic heterocycles. The highest BCUT2D eigenvalue weighted by atomic mass is 16.3. The van der Waals surface area contributed by atoms with E-state index in [-0.39, 0.29) is 0 Å². The van der Waals surface area contributed by atoms with E-state index in [1.54, 1.807) is 6.08 Å². The van der Waals surface area contributed by atoms with Crippen molar-refractivity contribution >= 4 is 0 Å². The number of hydrogen-bond acceptors (Lipinski definition) is 2. The van der Waals surface area contributed by atoms with Crippen LogP contribution in [-0.2, 0) is 0 Å². The van der Waals surface area contributed by atoms with Gasteiger partial charge in [-0.25, -0.2) is 0 Å². The number of aliphatic hydroxyl groups is 2. The molecular weight excluding hydrogens is 212 g/mol. The molecule has 0 rings (SSSR count). The molecule has 0 fully saturated rings. The highest BCUT2D eigenvalue weighted by molar-refractivity contribution is 5.25. The monoisotopic (exact) mass is 234 g/mol. The molecule has 0 aliphatic rings. The first-order valence-corrected chi connectivity index (χ1v) is 6.23. The number of terminal acetylenes is 1. The lowest BCUT2D eigenvalue weighted by molar-refractivity contribution is 0.280. The van der Waals surface area contributed by atoms with Crippen molar-refractivity contribution in [1.82, 2.24) is 0 Å². The largest absolute Gasteiger partial charge is 0.396 e. The van der Waals surface area contributed by atoms with Gasteiger partial charge in [0.1, 0.15) is 6.10 Å². The topological polar surface area (TPSA) is 40.5 Å². The van der Waals surface area contributed by atoms with Gasteiger partial charge in [0.05, 0.1) is 0 Å².